The molecule has 3 aromatic rings. The molecule has 0 aromatic heterocycles. The Morgan fingerprint density at radius 3 is 2.14 bits per heavy atom. The van der Waals surface area contributed by atoms with Gasteiger partial charge in [0, 0.05) is 10.5 Å². The summed E-state index contributed by atoms with van der Waals surface area (Å²) >= 11 is 1.29. The second-order valence-corrected chi connectivity index (χ2v) is 6.91. The molecule has 0 spiro atoms. The quantitative estimate of drug-likeness (QED) is 0.238. The van der Waals surface area contributed by atoms with Gasteiger partial charge in [-0.3, -0.25) is 0 Å². The summed E-state index contributed by atoms with van der Waals surface area (Å²) in [6.45, 7) is 0. The highest BCUT2D eigenvalue weighted by molar-refractivity contribution is 8.02. The fourth-order valence-electron chi connectivity index (χ4n) is 2.40. The van der Waals surface area contributed by atoms with Crippen LogP contribution < -0.4 is 0 Å². The number of halogens is 5. The number of allylic oxidation sites excluding steroid dienone is 1. The molecule has 0 heterocycles. The normalized spacial score (nSPS) is 12.5. The van der Waals surface area contributed by atoms with Crippen molar-refractivity contribution in [1.82, 2.24) is 0 Å². The number of alkyl halides is 3. The van der Waals surface area contributed by atoms with Gasteiger partial charge in [0.05, 0.1) is 17.0 Å². The molecule has 0 unspecified atom stereocenters. The molecule has 0 fully saturated rings. The van der Waals surface area contributed by atoms with E-state index < -0.39 is 17.6 Å². The van der Waals surface area contributed by atoms with E-state index in [-0.39, 0.29) is 5.82 Å². The van der Waals surface area contributed by atoms with E-state index in [1.165, 1.54) is 54.2 Å². The first kappa shape index (κ1) is 20.8. The number of nitrogens with zero attached hydrogens (tertiary/aromatic N) is 1. The maximum absolute atomic E-state index is 13.5. The maximum atomic E-state index is 13.5. The summed E-state index contributed by atoms with van der Waals surface area (Å²) in [4.78, 5) is 5.14. The number of thioether (sulfide) groups is 1. The molecule has 0 atom stereocenters. The zero-order valence-electron chi connectivity index (χ0n) is 14.8. The fourth-order valence-corrected chi connectivity index (χ4v) is 3.05. The van der Waals surface area contributed by atoms with Gasteiger partial charge in [-0.25, -0.2) is 13.8 Å². The van der Waals surface area contributed by atoms with Crippen molar-refractivity contribution in [2.45, 2.75) is 11.1 Å². The third-order valence-corrected chi connectivity index (χ3v) is 4.63. The van der Waals surface area contributed by atoms with Crippen LogP contribution in [0.2, 0.25) is 0 Å². The minimum atomic E-state index is -4.44. The van der Waals surface area contributed by atoms with E-state index in [4.69, 9.17) is 0 Å². The summed E-state index contributed by atoms with van der Waals surface area (Å²) in [6.07, 6.45) is -2.83. The minimum absolute atomic E-state index is 0.330. The van der Waals surface area contributed by atoms with Gasteiger partial charge in [0.1, 0.15) is 11.6 Å². The number of benzene rings is 3. The lowest BCUT2D eigenvalue weighted by Gasteiger charge is -2.08. The van der Waals surface area contributed by atoms with Crippen LogP contribution in [0.25, 0.3) is 0 Å². The van der Waals surface area contributed by atoms with Gasteiger partial charge in [-0.05, 0) is 66.1 Å². The Morgan fingerprint density at radius 1 is 0.828 bits per heavy atom. The number of hydrogen-bond donors (Lipinski definition) is 0. The zero-order valence-corrected chi connectivity index (χ0v) is 15.6. The second kappa shape index (κ2) is 9.05. The summed E-state index contributed by atoms with van der Waals surface area (Å²) in [5, 5.41) is 1.68. The highest BCUT2D eigenvalue weighted by atomic mass is 32.2. The molecule has 0 amide bonds. The molecule has 29 heavy (non-hydrogen) atoms. The fraction of sp³-hybridized carbons (Fsp3) is 0.0455. The Labute approximate surface area is 168 Å². The van der Waals surface area contributed by atoms with Crippen molar-refractivity contribution in [2.75, 3.05) is 0 Å². The summed E-state index contributed by atoms with van der Waals surface area (Å²) in [7, 11) is 0. The minimum Gasteiger partial charge on any atom is -0.248 e. The zero-order chi connectivity index (χ0) is 20.9. The molecule has 0 saturated heterocycles. The van der Waals surface area contributed by atoms with Crippen molar-refractivity contribution in [1.29, 1.82) is 0 Å². The van der Waals surface area contributed by atoms with Crippen LogP contribution in [-0.4, -0.2) is 5.71 Å². The molecule has 0 aliphatic rings. The number of aliphatic imine (C=N–C) groups is 1. The summed E-state index contributed by atoms with van der Waals surface area (Å²) in [5.74, 6) is -0.820. The molecule has 7 heteroatoms. The average molecular weight is 419 g/mol. The molecular formula is C22H14F5NS. The van der Waals surface area contributed by atoms with E-state index in [9.17, 15) is 22.0 Å². The first-order valence-electron chi connectivity index (χ1n) is 8.42. The van der Waals surface area contributed by atoms with Gasteiger partial charge in [-0.2, -0.15) is 13.2 Å². The average Bonchev–Trinajstić information content (AvgIpc) is 2.68. The van der Waals surface area contributed by atoms with E-state index in [1.807, 2.05) is 0 Å². The van der Waals surface area contributed by atoms with E-state index in [0.717, 1.165) is 17.0 Å². The van der Waals surface area contributed by atoms with Gasteiger partial charge in [-0.1, -0.05) is 30.0 Å². The standard InChI is InChI=1S/C22H14F5NS/c23-17-8-10-20(11-9-17)29-13-12-21(28-19-3-1-2-18(24)14-19)15-4-6-16(7-5-15)22(25,26)27/h1-14H/b13-12+,28-21-. The Bertz CT molecular complexity index is 1020. The predicted molar refractivity (Wildman–Crippen MR) is 105 cm³/mol. The van der Waals surface area contributed by atoms with Crippen LogP contribution in [0.4, 0.5) is 27.6 Å². The first-order chi connectivity index (χ1) is 13.8. The molecule has 0 bridgehead atoms. The topological polar surface area (TPSA) is 12.4 Å². The third kappa shape index (κ3) is 6.02. The molecule has 0 saturated carbocycles. The van der Waals surface area contributed by atoms with Gasteiger partial charge >= 0.3 is 6.18 Å². The predicted octanol–water partition coefficient (Wildman–Crippen LogP) is 7.41. The maximum Gasteiger partial charge on any atom is 0.416 e. The van der Waals surface area contributed by atoms with Gasteiger partial charge in [0.2, 0.25) is 0 Å². The van der Waals surface area contributed by atoms with E-state index in [2.05, 4.69) is 4.99 Å². The molecule has 0 aliphatic carbocycles. The van der Waals surface area contributed by atoms with Crippen LogP contribution in [0.15, 0.2) is 94.2 Å². The largest absolute Gasteiger partial charge is 0.416 e. The van der Waals surface area contributed by atoms with Crippen molar-refractivity contribution >= 4 is 23.2 Å². The monoisotopic (exact) mass is 419 g/mol. The number of rotatable bonds is 5. The van der Waals surface area contributed by atoms with Crippen LogP contribution in [-0.2, 0) is 6.18 Å². The lowest BCUT2D eigenvalue weighted by Crippen LogP contribution is -2.05. The van der Waals surface area contributed by atoms with E-state index in [0.29, 0.717) is 17.0 Å². The Kier molecular flexibility index (Phi) is 6.49. The molecule has 0 aliphatic heterocycles. The smallest absolute Gasteiger partial charge is 0.248 e. The first-order valence-corrected chi connectivity index (χ1v) is 9.30. The van der Waals surface area contributed by atoms with Crippen LogP contribution in [0.3, 0.4) is 0 Å². The highest BCUT2D eigenvalue weighted by Crippen LogP contribution is 2.29. The summed E-state index contributed by atoms with van der Waals surface area (Å²) in [6, 6.07) is 16.0. The Hall–Kier alpha value is -2.93. The van der Waals surface area contributed by atoms with Crippen molar-refractivity contribution < 1.29 is 22.0 Å². The van der Waals surface area contributed by atoms with E-state index in [1.54, 1.807) is 29.7 Å². The Morgan fingerprint density at radius 2 is 1.52 bits per heavy atom. The van der Waals surface area contributed by atoms with Crippen molar-refractivity contribution in [3.05, 3.63) is 107 Å². The van der Waals surface area contributed by atoms with Gasteiger partial charge < -0.3 is 0 Å². The van der Waals surface area contributed by atoms with Crippen LogP contribution in [0, 0.1) is 11.6 Å². The molecule has 3 aromatic carbocycles. The third-order valence-electron chi connectivity index (χ3n) is 3.81. The SMILES string of the molecule is Fc1ccc(S/C=C/C(=N/c2cccc(F)c2)c2ccc(C(F)(F)F)cc2)cc1. The lowest BCUT2D eigenvalue weighted by atomic mass is 10.1. The molecule has 0 N–H and O–H groups in total. The summed E-state index contributed by atoms with van der Waals surface area (Å²) in [5.41, 5.74) is 0.365. The van der Waals surface area contributed by atoms with Gasteiger partial charge in [-0.15, -0.1) is 0 Å². The molecule has 0 radical (unpaired) electrons. The number of hydrogen-bond acceptors (Lipinski definition) is 2. The van der Waals surface area contributed by atoms with E-state index >= 15 is 0 Å². The summed E-state index contributed by atoms with van der Waals surface area (Å²) < 4.78 is 64.9. The second-order valence-electron chi connectivity index (χ2n) is 5.93. The van der Waals surface area contributed by atoms with Crippen molar-refractivity contribution in [3.63, 3.8) is 0 Å². The van der Waals surface area contributed by atoms with Gasteiger partial charge in [0.25, 0.3) is 0 Å². The molecule has 1 nitrogen and oxygen atoms in total. The van der Waals surface area contributed by atoms with Crippen molar-refractivity contribution in [3.8, 4) is 0 Å². The Balaban J connectivity index is 1.91. The van der Waals surface area contributed by atoms with Crippen molar-refractivity contribution in [2.24, 2.45) is 4.99 Å². The molecular weight excluding hydrogens is 405 g/mol. The lowest BCUT2D eigenvalue weighted by molar-refractivity contribution is -0.137. The van der Waals surface area contributed by atoms with Crippen LogP contribution in [0.5, 0.6) is 0 Å². The van der Waals surface area contributed by atoms with Crippen LogP contribution >= 0.6 is 11.8 Å². The molecule has 3 rings (SSSR count). The molecule has 148 valence electrons. The van der Waals surface area contributed by atoms with Gasteiger partial charge in [0.15, 0.2) is 0 Å². The van der Waals surface area contributed by atoms with Crippen LogP contribution in [0.1, 0.15) is 11.1 Å². The highest BCUT2D eigenvalue weighted by Gasteiger charge is 2.30.